The molecule has 0 aromatic carbocycles. The summed E-state index contributed by atoms with van der Waals surface area (Å²) in [5, 5.41) is 3.07. The highest BCUT2D eigenvalue weighted by Gasteiger charge is 2.54. The number of fused-ring (bicyclic) bond motifs is 1. The van der Waals surface area contributed by atoms with Crippen LogP contribution in [-0.4, -0.2) is 73.0 Å². The van der Waals surface area contributed by atoms with Gasteiger partial charge in [-0.05, 0) is 50.5 Å². The molecular formula is C24H41N3O4. The fourth-order valence-corrected chi connectivity index (χ4v) is 4.62. The van der Waals surface area contributed by atoms with Crippen LogP contribution in [0.15, 0.2) is 11.6 Å². The summed E-state index contributed by atoms with van der Waals surface area (Å²) >= 11 is 0. The number of hydrogen-bond acceptors (Lipinski definition) is 5. The molecule has 1 heterocycles. The Bertz CT molecular complexity index is 723. The number of amides is 2. The zero-order valence-corrected chi connectivity index (χ0v) is 20.7. The summed E-state index contributed by atoms with van der Waals surface area (Å²) in [5.74, 6) is 0.528. The van der Waals surface area contributed by atoms with Crippen molar-refractivity contribution < 1.29 is 19.1 Å². The first-order valence-electron chi connectivity index (χ1n) is 11.4. The summed E-state index contributed by atoms with van der Waals surface area (Å²) in [6.07, 6.45) is 2.89. The molecule has 2 amide bonds. The zero-order valence-electron chi connectivity index (χ0n) is 20.7. The monoisotopic (exact) mass is 435 g/mol. The molecule has 1 N–H and O–H groups in total. The van der Waals surface area contributed by atoms with E-state index >= 15 is 0 Å². The van der Waals surface area contributed by atoms with Gasteiger partial charge in [0.05, 0.1) is 18.7 Å². The summed E-state index contributed by atoms with van der Waals surface area (Å²) in [4.78, 5) is 42.6. The number of likely N-dealkylation sites (N-methyl/N-ethyl adjacent to an activating group) is 2. The highest BCUT2D eigenvalue weighted by molar-refractivity contribution is 5.91. The molecule has 2 aliphatic rings. The Hall–Kier alpha value is -1.89. The van der Waals surface area contributed by atoms with Gasteiger partial charge in [-0.25, -0.2) is 4.79 Å². The van der Waals surface area contributed by atoms with Gasteiger partial charge >= 0.3 is 5.97 Å². The Morgan fingerprint density at radius 2 is 1.87 bits per heavy atom. The van der Waals surface area contributed by atoms with Crippen molar-refractivity contribution in [3.63, 3.8) is 0 Å². The van der Waals surface area contributed by atoms with E-state index in [1.165, 1.54) is 0 Å². The molecule has 2 fully saturated rings. The molecule has 176 valence electrons. The first kappa shape index (κ1) is 25.4. The first-order chi connectivity index (χ1) is 14.3. The molecule has 2 rings (SSSR count). The molecule has 1 unspecified atom stereocenters. The number of esters is 1. The van der Waals surface area contributed by atoms with Gasteiger partial charge in [0.2, 0.25) is 11.8 Å². The van der Waals surface area contributed by atoms with Crippen molar-refractivity contribution in [1.29, 1.82) is 0 Å². The van der Waals surface area contributed by atoms with Crippen LogP contribution in [0, 0.1) is 23.2 Å². The van der Waals surface area contributed by atoms with E-state index in [0.717, 1.165) is 13.0 Å². The van der Waals surface area contributed by atoms with Crippen LogP contribution < -0.4 is 5.32 Å². The van der Waals surface area contributed by atoms with Crippen LogP contribution in [-0.2, 0) is 19.1 Å². The second-order valence-corrected chi connectivity index (χ2v) is 10.6. The molecule has 0 aromatic rings. The number of nitrogens with zero attached hydrogens (tertiary/aromatic N) is 2. The van der Waals surface area contributed by atoms with E-state index < -0.39 is 11.5 Å². The molecule has 1 saturated heterocycles. The molecule has 5 atom stereocenters. The van der Waals surface area contributed by atoms with E-state index in [9.17, 15) is 14.4 Å². The summed E-state index contributed by atoms with van der Waals surface area (Å²) in [7, 11) is 3.72. The van der Waals surface area contributed by atoms with E-state index in [0.29, 0.717) is 24.0 Å². The maximum atomic E-state index is 13.6. The van der Waals surface area contributed by atoms with Gasteiger partial charge in [0, 0.05) is 19.2 Å². The van der Waals surface area contributed by atoms with Crippen LogP contribution in [0.5, 0.6) is 0 Å². The van der Waals surface area contributed by atoms with Crippen LogP contribution in [0.2, 0.25) is 0 Å². The molecule has 7 heteroatoms. The predicted molar refractivity (Wildman–Crippen MR) is 121 cm³/mol. The van der Waals surface area contributed by atoms with E-state index in [-0.39, 0.29) is 35.8 Å². The lowest BCUT2D eigenvalue weighted by molar-refractivity contribution is -0.141. The van der Waals surface area contributed by atoms with Gasteiger partial charge in [0.15, 0.2) is 0 Å². The molecule has 0 spiro atoms. The van der Waals surface area contributed by atoms with Gasteiger partial charge in [0.25, 0.3) is 0 Å². The molecule has 0 radical (unpaired) electrons. The molecule has 1 aliphatic carbocycles. The zero-order chi connectivity index (χ0) is 23.7. The molecular weight excluding hydrogens is 394 g/mol. The molecule has 0 bridgehead atoms. The van der Waals surface area contributed by atoms with Gasteiger partial charge in [0.1, 0.15) is 6.04 Å². The molecule has 1 saturated carbocycles. The van der Waals surface area contributed by atoms with Crippen molar-refractivity contribution in [1.82, 2.24) is 15.1 Å². The van der Waals surface area contributed by atoms with E-state index in [2.05, 4.69) is 10.2 Å². The third-order valence-corrected chi connectivity index (χ3v) is 6.54. The van der Waals surface area contributed by atoms with Crippen molar-refractivity contribution >= 4 is 17.8 Å². The second kappa shape index (κ2) is 9.72. The summed E-state index contributed by atoms with van der Waals surface area (Å²) in [6, 6.07) is -1.10. The number of carbonyl (C=O) groups excluding carboxylic acids is 3. The largest absolute Gasteiger partial charge is 0.463 e. The topological polar surface area (TPSA) is 79.0 Å². The Morgan fingerprint density at radius 3 is 2.32 bits per heavy atom. The lowest BCUT2D eigenvalue weighted by Crippen LogP contribution is -2.59. The number of rotatable bonds is 8. The average Bonchev–Trinajstić information content (AvgIpc) is 3.32. The third-order valence-electron chi connectivity index (χ3n) is 6.54. The Labute approximate surface area is 187 Å². The number of hydrogen-bond donors (Lipinski definition) is 1. The molecule has 31 heavy (non-hydrogen) atoms. The fraction of sp³-hybridized carbons (Fsp3) is 0.792. The van der Waals surface area contributed by atoms with Gasteiger partial charge in [-0.3, -0.25) is 14.5 Å². The minimum Gasteiger partial charge on any atom is -0.463 e. The van der Waals surface area contributed by atoms with Gasteiger partial charge in [-0.2, -0.15) is 0 Å². The normalized spacial score (nSPS) is 25.6. The van der Waals surface area contributed by atoms with Crippen LogP contribution >= 0.6 is 0 Å². The van der Waals surface area contributed by atoms with Crippen molar-refractivity contribution in [2.24, 2.45) is 23.2 Å². The lowest BCUT2D eigenvalue weighted by Gasteiger charge is -2.38. The van der Waals surface area contributed by atoms with E-state index in [1.54, 1.807) is 31.9 Å². The third kappa shape index (κ3) is 5.88. The second-order valence-electron chi connectivity index (χ2n) is 10.6. The van der Waals surface area contributed by atoms with Crippen LogP contribution in [0.1, 0.15) is 54.9 Å². The van der Waals surface area contributed by atoms with Crippen molar-refractivity contribution in [2.45, 2.75) is 73.0 Å². The van der Waals surface area contributed by atoms with Crippen LogP contribution in [0.3, 0.4) is 0 Å². The smallest absolute Gasteiger partial charge is 0.333 e. The molecule has 0 aromatic heterocycles. The fourth-order valence-electron chi connectivity index (χ4n) is 4.62. The number of piperidine rings is 1. The SMILES string of the molecule is CCOC(=O)/C(C)=C/[C@H](C(C)C)N(C)C(=O)[C@@H](NC(=O)C1[C@H]2C[C@H]2CN1C)C(C)(C)C. The van der Waals surface area contributed by atoms with Crippen LogP contribution in [0.25, 0.3) is 0 Å². The van der Waals surface area contributed by atoms with E-state index in [4.69, 9.17) is 4.74 Å². The molecule has 1 aliphatic heterocycles. The van der Waals surface area contributed by atoms with Gasteiger partial charge in [-0.15, -0.1) is 0 Å². The standard InChI is InChI=1S/C24H41N3O4/c1-10-31-23(30)15(4)11-18(14(2)3)27(9)22(29)20(24(5,6)7)25-21(28)19-17-12-16(17)13-26(19)8/h11,14,16-20H,10,12-13H2,1-9H3,(H,25,28)/b15-11+/t16-,17-,18+,19?,20+/m0/s1. The predicted octanol–water partition coefficient (Wildman–Crippen LogP) is 2.46. The number of likely N-dealkylation sites (tertiary alicyclic amines) is 1. The maximum Gasteiger partial charge on any atom is 0.333 e. The summed E-state index contributed by atoms with van der Waals surface area (Å²) in [6.45, 7) is 14.6. The number of ether oxygens (including phenoxy) is 1. The first-order valence-corrected chi connectivity index (χ1v) is 11.4. The number of carbonyl (C=O) groups is 3. The van der Waals surface area contributed by atoms with Crippen molar-refractivity contribution in [3.05, 3.63) is 11.6 Å². The van der Waals surface area contributed by atoms with Gasteiger partial charge < -0.3 is 15.0 Å². The molecule has 7 nitrogen and oxygen atoms in total. The minimum absolute atomic E-state index is 0.0616. The number of nitrogens with one attached hydrogen (secondary N) is 1. The lowest BCUT2D eigenvalue weighted by atomic mass is 9.84. The quantitative estimate of drug-likeness (QED) is 0.468. The van der Waals surface area contributed by atoms with Crippen molar-refractivity contribution in [3.8, 4) is 0 Å². The van der Waals surface area contributed by atoms with Crippen molar-refractivity contribution in [2.75, 3.05) is 27.2 Å². The summed E-state index contributed by atoms with van der Waals surface area (Å²) < 4.78 is 5.09. The highest BCUT2D eigenvalue weighted by Crippen LogP contribution is 2.49. The Balaban J connectivity index is 2.21. The van der Waals surface area contributed by atoms with Crippen LogP contribution in [0.4, 0.5) is 0 Å². The Kier molecular flexibility index (Phi) is 7.95. The average molecular weight is 436 g/mol. The highest BCUT2D eigenvalue weighted by atomic mass is 16.5. The maximum absolute atomic E-state index is 13.6. The van der Waals surface area contributed by atoms with Gasteiger partial charge in [-0.1, -0.05) is 40.7 Å². The summed E-state index contributed by atoms with van der Waals surface area (Å²) in [5.41, 5.74) is 0.0200. The Morgan fingerprint density at radius 1 is 1.26 bits per heavy atom. The minimum atomic E-state index is -0.659. The van der Waals surface area contributed by atoms with E-state index in [1.807, 2.05) is 41.7 Å².